The van der Waals surface area contributed by atoms with Crippen molar-refractivity contribution < 1.29 is 4.39 Å². The number of nitrogens with zero attached hydrogens (tertiary/aromatic N) is 1. The third kappa shape index (κ3) is 6.50. The second-order valence-corrected chi connectivity index (χ2v) is 7.61. The van der Waals surface area contributed by atoms with E-state index in [1.54, 1.807) is 6.07 Å². The molecule has 0 atom stereocenters. The molecule has 0 N–H and O–H groups in total. The van der Waals surface area contributed by atoms with E-state index in [1.165, 1.54) is 51.0 Å². The Bertz CT molecular complexity index is 429. The lowest BCUT2D eigenvalue weighted by Gasteiger charge is -2.28. The second-order valence-electron chi connectivity index (χ2n) is 7.61. The van der Waals surface area contributed by atoms with Gasteiger partial charge in [0.2, 0.25) is 0 Å². The number of rotatable bonds is 6. The first kappa shape index (κ1) is 18.2. The van der Waals surface area contributed by atoms with Crippen LogP contribution in [0.15, 0.2) is 24.1 Å². The van der Waals surface area contributed by atoms with Crippen LogP contribution in [0.25, 0.3) is 0 Å². The van der Waals surface area contributed by atoms with Gasteiger partial charge >= 0.3 is 0 Å². The van der Waals surface area contributed by atoms with Gasteiger partial charge in [-0.15, -0.1) is 0 Å². The van der Waals surface area contributed by atoms with Crippen LogP contribution in [0.5, 0.6) is 0 Å². The summed E-state index contributed by atoms with van der Waals surface area (Å²) in [7, 11) is 0. The zero-order valence-corrected chi connectivity index (χ0v) is 14.6. The van der Waals surface area contributed by atoms with Gasteiger partial charge in [-0.1, -0.05) is 38.3 Å². The third-order valence-corrected chi connectivity index (χ3v) is 5.82. The first-order valence-corrected chi connectivity index (χ1v) is 9.67. The van der Waals surface area contributed by atoms with Crippen LogP contribution in [0.2, 0.25) is 0 Å². The maximum Gasteiger partial charge on any atom is 0.196 e. The second kappa shape index (κ2) is 9.91. The lowest BCUT2D eigenvalue weighted by atomic mass is 9.78. The minimum absolute atomic E-state index is 0.272. The van der Waals surface area contributed by atoms with Gasteiger partial charge in [-0.05, 0) is 81.1 Å². The molecule has 0 heterocycles. The first-order valence-electron chi connectivity index (χ1n) is 9.67. The summed E-state index contributed by atoms with van der Waals surface area (Å²) >= 11 is 0. The highest BCUT2D eigenvalue weighted by Gasteiger charge is 2.21. The molecule has 23 heavy (non-hydrogen) atoms. The van der Waals surface area contributed by atoms with E-state index in [-0.39, 0.29) is 5.92 Å². The number of nitriles is 1. The Morgan fingerprint density at radius 2 is 1.48 bits per heavy atom. The van der Waals surface area contributed by atoms with Crippen LogP contribution < -0.4 is 0 Å². The molecule has 0 amide bonds. The third-order valence-electron chi connectivity index (χ3n) is 5.82. The summed E-state index contributed by atoms with van der Waals surface area (Å²) < 4.78 is 13.0. The molecule has 128 valence electrons. The largest absolute Gasteiger partial charge is 0.196 e. The van der Waals surface area contributed by atoms with Crippen LogP contribution in [-0.2, 0) is 0 Å². The summed E-state index contributed by atoms with van der Waals surface area (Å²) in [5.41, 5.74) is 0. The first-order chi connectivity index (χ1) is 11.2. The molecule has 2 saturated carbocycles. The predicted molar refractivity (Wildman–Crippen MR) is 94.4 cm³/mol. The monoisotopic (exact) mass is 317 g/mol. The van der Waals surface area contributed by atoms with E-state index in [1.807, 2.05) is 0 Å². The Hall–Kier alpha value is -1.10. The van der Waals surface area contributed by atoms with Crippen LogP contribution in [0, 0.1) is 35.0 Å². The van der Waals surface area contributed by atoms with E-state index < -0.39 is 5.83 Å². The molecule has 2 rings (SSSR count). The van der Waals surface area contributed by atoms with Gasteiger partial charge in [0.1, 0.15) is 6.07 Å². The Kier molecular flexibility index (Phi) is 7.86. The molecule has 0 aliphatic heterocycles. The molecule has 0 aromatic heterocycles. The molecular weight excluding hydrogens is 285 g/mol. The highest BCUT2D eigenvalue weighted by molar-refractivity contribution is 5.13. The van der Waals surface area contributed by atoms with Crippen LogP contribution in [0.1, 0.15) is 77.6 Å². The Morgan fingerprint density at radius 3 is 2.00 bits per heavy atom. The molecule has 0 saturated heterocycles. The minimum Gasteiger partial charge on any atom is -0.195 e. The zero-order valence-electron chi connectivity index (χ0n) is 14.6. The normalized spacial score (nSPS) is 32.8. The van der Waals surface area contributed by atoms with Crippen molar-refractivity contribution >= 4 is 0 Å². The fourth-order valence-corrected chi connectivity index (χ4v) is 4.22. The van der Waals surface area contributed by atoms with E-state index in [0.29, 0.717) is 5.92 Å². The predicted octanol–water partition coefficient (Wildman–Crippen LogP) is 6.72. The quantitative estimate of drug-likeness (QED) is 0.394. The summed E-state index contributed by atoms with van der Waals surface area (Å²) in [6.07, 6.45) is 20.5. The Labute approximate surface area is 141 Å². The fraction of sp³-hybridized carbons (Fsp3) is 0.762. The molecule has 0 unspecified atom stereocenters. The van der Waals surface area contributed by atoms with Gasteiger partial charge in [0.05, 0.1) is 0 Å². The standard InChI is InChI=1S/C21H32FN/c1-2-3-4-17-5-7-18(8-6-17)9-10-19-11-13-20(14-12-19)15-21(22)16-23/h9-10,15,17-20H,2-8,11-14H2,1H3/b10-9+,21-15?. The SMILES string of the molecule is CCCCC1CCC(/C=C/C2CCC(C=C(F)C#N)CC2)CC1. The van der Waals surface area contributed by atoms with Gasteiger partial charge in [-0.3, -0.25) is 0 Å². The lowest BCUT2D eigenvalue weighted by molar-refractivity contribution is 0.288. The van der Waals surface area contributed by atoms with Gasteiger partial charge in [0.15, 0.2) is 5.83 Å². The van der Waals surface area contributed by atoms with Crippen molar-refractivity contribution in [1.82, 2.24) is 0 Å². The van der Waals surface area contributed by atoms with Crippen molar-refractivity contribution in [2.45, 2.75) is 77.6 Å². The van der Waals surface area contributed by atoms with E-state index in [2.05, 4.69) is 19.1 Å². The van der Waals surface area contributed by atoms with Crippen LogP contribution in [0.3, 0.4) is 0 Å². The molecule has 2 fully saturated rings. The van der Waals surface area contributed by atoms with Gasteiger partial charge in [-0.25, -0.2) is 0 Å². The minimum atomic E-state index is -0.608. The summed E-state index contributed by atoms with van der Waals surface area (Å²) in [4.78, 5) is 0. The van der Waals surface area contributed by atoms with Crippen molar-refractivity contribution in [3.8, 4) is 6.07 Å². The molecule has 2 aliphatic rings. The molecular formula is C21H32FN. The van der Waals surface area contributed by atoms with E-state index in [0.717, 1.165) is 37.5 Å². The highest BCUT2D eigenvalue weighted by atomic mass is 19.1. The number of hydrogen-bond acceptors (Lipinski definition) is 1. The average molecular weight is 317 g/mol. The molecule has 1 nitrogen and oxygen atoms in total. The van der Waals surface area contributed by atoms with Crippen molar-refractivity contribution in [2.75, 3.05) is 0 Å². The summed E-state index contributed by atoms with van der Waals surface area (Å²) in [6.45, 7) is 2.29. The molecule has 2 heteroatoms. The molecule has 0 aromatic carbocycles. The van der Waals surface area contributed by atoms with Crippen molar-refractivity contribution in [3.05, 3.63) is 24.1 Å². The van der Waals surface area contributed by atoms with Gasteiger partial charge in [0, 0.05) is 0 Å². The summed E-state index contributed by atoms with van der Waals surface area (Å²) in [5.74, 6) is 2.11. The topological polar surface area (TPSA) is 23.8 Å². The van der Waals surface area contributed by atoms with Gasteiger partial charge in [-0.2, -0.15) is 9.65 Å². The smallest absolute Gasteiger partial charge is 0.195 e. The number of allylic oxidation sites excluding steroid dienone is 4. The molecule has 0 radical (unpaired) electrons. The van der Waals surface area contributed by atoms with E-state index in [9.17, 15) is 4.39 Å². The molecule has 2 aliphatic carbocycles. The number of halogens is 1. The van der Waals surface area contributed by atoms with Gasteiger partial charge < -0.3 is 0 Å². The van der Waals surface area contributed by atoms with Crippen LogP contribution in [-0.4, -0.2) is 0 Å². The Balaban J connectivity index is 1.67. The van der Waals surface area contributed by atoms with E-state index in [4.69, 9.17) is 5.26 Å². The highest BCUT2D eigenvalue weighted by Crippen LogP contribution is 2.35. The zero-order chi connectivity index (χ0) is 16.5. The fourth-order valence-electron chi connectivity index (χ4n) is 4.22. The molecule has 0 spiro atoms. The number of hydrogen-bond donors (Lipinski definition) is 0. The average Bonchev–Trinajstić information content (AvgIpc) is 2.60. The van der Waals surface area contributed by atoms with Crippen LogP contribution >= 0.6 is 0 Å². The van der Waals surface area contributed by atoms with Gasteiger partial charge in [0.25, 0.3) is 0 Å². The van der Waals surface area contributed by atoms with Crippen molar-refractivity contribution in [1.29, 1.82) is 5.26 Å². The van der Waals surface area contributed by atoms with Crippen molar-refractivity contribution in [2.24, 2.45) is 23.7 Å². The maximum absolute atomic E-state index is 13.0. The molecule has 0 aromatic rings. The summed E-state index contributed by atoms with van der Waals surface area (Å²) in [5, 5.41) is 8.51. The van der Waals surface area contributed by atoms with Crippen LogP contribution in [0.4, 0.5) is 4.39 Å². The maximum atomic E-state index is 13.0. The van der Waals surface area contributed by atoms with Crippen molar-refractivity contribution in [3.63, 3.8) is 0 Å². The lowest BCUT2D eigenvalue weighted by Crippen LogP contribution is -2.14. The molecule has 0 bridgehead atoms. The van der Waals surface area contributed by atoms with E-state index >= 15 is 0 Å². The Morgan fingerprint density at radius 1 is 0.957 bits per heavy atom. The summed E-state index contributed by atoms with van der Waals surface area (Å²) in [6, 6.07) is 1.59. The number of unbranched alkanes of at least 4 members (excludes halogenated alkanes) is 1.